The van der Waals surface area contributed by atoms with Gasteiger partial charge in [0.1, 0.15) is 5.60 Å². The Labute approximate surface area is 117 Å². The summed E-state index contributed by atoms with van der Waals surface area (Å²) in [6.07, 6.45) is 2.90. The molecule has 2 aliphatic rings. The average Bonchev–Trinajstić information content (AvgIpc) is 3.08. The van der Waals surface area contributed by atoms with E-state index < -0.39 is 5.60 Å². The third-order valence-electron chi connectivity index (χ3n) is 3.69. The molecule has 0 bridgehead atoms. The van der Waals surface area contributed by atoms with Crippen LogP contribution in [0.2, 0.25) is 0 Å². The summed E-state index contributed by atoms with van der Waals surface area (Å²) in [5, 5.41) is 13.2. The number of anilines is 3. The lowest BCUT2D eigenvalue weighted by molar-refractivity contribution is 0.0380. The van der Waals surface area contributed by atoms with E-state index in [9.17, 15) is 5.11 Å². The van der Waals surface area contributed by atoms with Crippen LogP contribution in [0, 0.1) is 0 Å². The van der Waals surface area contributed by atoms with E-state index in [1.165, 1.54) is 0 Å². The summed E-state index contributed by atoms with van der Waals surface area (Å²) in [4.78, 5) is 14.7. The molecular weight excluding hydrogens is 260 g/mol. The van der Waals surface area contributed by atoms with E-state index in [0.717, 1.165) is 25.9 Å². The SMILES string of the molecule is Nc1nc(NCC2(O)CCOC2)nc(N2CCCC2)n1. The lowest BCUT2D eigenvalue weighted by Gasteiger charge is -2.21. The zero-order chi connectivity index (χ0) is 14.0. The van der Waals surface area contributed by atoms with Gasteiger partial charge in [-0.3, -0.25) is 0 Å². The molecule has 0 aromatic carbocycles. The minimum absolute atomic E-state index is 0.194. The average molecular weight is 280 g/mol. The minimum Gasteiger partial charge on any atom is -0.386 e. The first kappa shape index (κ1) is 13.3. The van der Waals surface area contributed by atoms with Gasteiger partial charge in [0.2, 0.25) is 17.8 Å². The van der Waals surface area contributed by atoms with Gasteiger partial charge in [-0.15, -0.1) is 0 Å². The van der Waals surface area contributed by atoms with Crippen LogP contribution in [0.5, 0.6) is 0 Å². The fourth-order valence-electron chi connectivity index (χ4n) is 2.50. The molecule has 0 aliphatic carbocycles. The first-order chi connectivity index (χ1) is 9.65. The summed E-state index contributed by atoms with van der Waals surface area (Å²) in [7, 11) is 0. The Morgan fingerprint density at radius 3 is 2.80 bits per heavy atom. The molecule has 20 heavy (non-hydrogen) atoms. The predicted octanol–water partition coefficient (Wildman–Crippen LogP) is -0.383. The van der Waals surface area contributed by atoms with Crippen molar-refractivity contribution in [2.45, 2.75) is 24.9 Å². The molecule has 0 radical (unpaired) electrons. The highest BCUT2D eigenvalue weighted by atomic mass is 16.5. The van der Waals surface area contributed by atoms with Crippen molar-refractivity contribution in [1.82, 2.24) is 15.0 Å². The zero-order valence-electron chi connectivity index (χ0n) is 11.4. The van der Waals surface area contributed by atoms with E-state index in [1.54, 1.807) is 0 Å². The highest BCUT2D eigenvalue weighted by Gasteiger charge is 2.32. The molecule has 0 spiro atoms. The van der Waals surface area contributed by atoms with Crippen LogP contribution in [0.4, 0.5) is 17.8 Å². The Hall–Kier alpha value is -1.67. The Kier molecular flexibility index (Phi) is 3.58. The number of ether oxygens (including phenoxy) is 1. The van der Waals surface area contributed by atoms with E-state index >= 15 is 0 Å². The second-order valence-electron chi connectivity index (χ2n) is 5.39. The Morgan fingerprint density at radius 2 is 2.10 bits per heavy atom. The smallest absolute Gasteiger partial charge is 0.231 e. The number of rotatable bonds is 4. The normalized spacial score (nSPS) is 26.1. The van der Waals surface area contributed by atoms with Crippen LogP contribution in [-0.2, 0) is 4.74 Å². The number of aliphatic hydroxyl groups is 1. The molecule has 3 heterocycles. The Balaban J connectivity index is 1.69. The number of nitrogens with zero attached hydrogens (tertiary/aromatic N) is 4. The van der Waals surface area contributed by atoms with Crippen LogP contribution in [0.25, 0.3) is 0 Å². The molecule has 0 amide bonds. The van der Waals surface area contributed by atoms with E-state index in [1.807, 2.05) is 0 Å². The van der Waals surface area contributed by atoms with Crippen molar-refractivity contribution in [3.63, 3.8) is 0 Å². The van der Waals surface area contributed by atoms with E-state index in [4.69, 9.17) is 10.5 Å². The van der Waals surface area contributed by atoms with Crippen LogP contribution in [0.3, 0.4) is 0 Å². The van der Waals surface area contributed by atoms with Crippen molar-refractivity contribution in [2.24, 2.45) is 0 Å². The molecule has 8 nitrogen and oxygen atoms in total. The molecule has 4 N–H and O–H groups in total. The summed E-state index contributed by atoms with van der Waals surface area (Å²) in [6, 6.07) is 0. The largest absolute Gasteiger partial charge is 0.386 e. The third kappa shape index (κ3) is 2.91. The van der Waals surface area contributed by atoms with Gasteiger partial charge in [-0.05, 0) is 12.8 Å². The molecule has 1 aromatic heterocycles. The lowest BCUT2D eigenvalue weighted by atomic mass is 10.0. The first-order valence-corrected chi connectivity index (χ1v) is 6.95. The molecular formula is C12H20N6O2. The summed E-state index contributed by atoms with van der Waals surface area (Å²) < 4.78 is 5.20. The van der Waals surface area contributed by atoms with E-state index in [0.29, 0.717) is 38.1 Å². The number of aromatic nitrogens is 3. The number of hydrogen-bond acceptors (Lipinski definition) is 8. The standard InChI is InChI=1S/C12H20N6O2/c13-9-15-10(14-7-12(19)3-6-20-8-12)17-11(16-9)18-4-1-2-5-18/h19H,1-8H2,(H3,13,14,15,16,17). The Bertz CT molecular complexity index is 471. The molecule has 3 rings (SSSR count). The van der Waals surface area contributed by atoms with Gasteiger partial charge in [0.25, 0.3) is 0 Å². The van der Waals surface area contributed by atoms with Crippen LogP contribution in [-0.4, -0.2) is 58.5 Å². The molecule has 2 saturated heterocycles. The summed E-state index contributed by atoms with van der Waals surface area (Å²) in [6.45, 7) is 3.15. The highest BCUT2D eigenvalue weighted by Crippen LogP contribution is 2.20. The fraction of sp³-hybridized carbons (Fsp3) is 0.750. The summed E-state index contributed by atoms with van der Waals surface area (Å²) >= 11 is 0. The van der Waals surface area contributed by atoms with Crippen LogP contribution in [0.1, 0.15) is 19.3 Å². The van der Waals surface area contributed by atoms with Gasteiger partial charge in [-0.1, -0.05) is 0 Å². The predicted molar refractivity (Wildman–Crippen MR) is 74.6 cm³/mol. The molecule has 8 heteroatoms. The van der Waals surface area contributed by atoms with Gasteiger partial charge in [0.05, 0.1) is 6.61 Å². The maximum absolute atomic E-state index is 10.2. The Morgan fingerprint density at radius 1 is 1.30 bits per heavy atom. The quantitative estimate of drug-likeness (QED) is 0.684. The van der Waals surface area contributed by atoms with Crippen molar-refractivity contribution in [3.05, 3.63) is 0 Å². The zero-order valence-corrected chi connectivity index (χ0v) is 11.4. The lowest BCUT2D eigenvalue weighted by Crippen LogP contribution is -2.37. The summed E-state index contributed by atoms with van der Waals surface area (Å²) in [5.41, 5.74) is 4.88. The second-order valence-corrected chi connectivity index (χ2v) is 5.39. The number of nitrogens with two attached hydrogens (primary N) is 1. The van der Waals surface area contributed by atoms with Gasteiger partial charge in [0, 0.05) is 32.7 Å². The van der Waals surface area contributed by atoms with E-state index in [2.05, 4.69) is 25.2 Å². The minimum atomic E-state index is -0.852. The summed E-state index contributed by atoms with van der Waals surface area (Å²) in [5.74, 6) is 1.20. The topological polar surface area (TPSA) is 109 Å². The number of hydrogen-bond donors (Lipinski definition) is 3. The first-order valence-electron chi connectivity index (χ1n) is 6.95. The number of nitrogens with one attached hydrogen (secondary N) is 1. The second kappa shape index (κ2) is 5.37. The number of nitrogen functional groups attached to an aromatic ring is 1. The van der Waals surface area contributed by atoms with Crippen molar-refractivity contribution < 1.29 is 9.84 Å². The van der Waals surface area contributed by atoms with Gasteiger partial charge in [0.15, 0.2) is 0 Å². The van der Waals surface area contributed by atoms with Gasteiger partial charge < -0.3 is 25.8 Å². The van der Waals surface area contributed by atoms with Crippen molar-refractivity contribution in [1.29, 1.82) is 0 Å². The molecule has 0 saturated carbocycles. The monoisotopic (exact) mass is 280 g/mol. The fourth-order valence-corrected chi connectivity index (χ4v) is 2.50. The van der Waals surface area contributed by atoms with E-state index in [-0.39, 0.29) is 5.95 Å². The molecule has 2 fully saturated rings. The van der Waals surface area contributed by atoms with Crippen LogP contribution < -0.4 is 16.0 Å². The molecule has 1 unspecified atom stereocenters. The van der Waals surface area contributed by atoms with Crippen LogP contribution >= 0.6 is 0 Å². The highest BCUT2D eigenvalue weighted by molar-refractivity contribution is 5.42. The molecule has 1 aromatic rings. The third-order valence-corrected chi connectivity index (χ3v) is 3.69. The van der Waals surface area contributed by atoms with Crippen molar-refractivity contribution in [2.75, 3.05) is 48.8 Å². The van der Waals surface area contributed by atoms with Gasteiger partial charge >= 0.3 is 0 Å². The molecule has 2 aliphatic heterocycles. The van der Waals surface area contributed by atoms with Gasteiger partial charge in [-0.25, -0.2) is 0 Å². The maximum Gasteiger partial charge on any atom is 0.231 e. The van der Waals surface area contributed by atoms with Crippen molar-refractivity contribution in [3.8, 4) is 0 Å². The van der Waals surface area contributed by atoms with Crippen LogP contribution in [0.15, 0.2) is 0 Å². The van der Waals surface area contributed by atoms with Crippen molar-refractivity contribution >= 4 is 17.8 Å². The van der Waals surface area contributed by atoms with Gasteiger partial charge in [-0.2, -0.15) is 15.0 Å². The molecule has 110 valence electrons. The molecule has 1 atom stereocenters. The maximum atomic E-state index is 10.2.